The quantitative estimate of drug-likeness (QED) is 0.672. The number of halogens is 1. The van der Waals surface area contributed by atoms with Crippen LogP contribution in [0.25, 0.3) is 11.3 Å². The van der Waals surface area contributed by atoms with Crippen LogP contribution in [0.15, 0.2) is 52.8 Å². The Kier molecular flexibility index (Phi) is 3.97. The molecular weight excluding hydrogens is 398 g/mol. The van der Waals surface area contributed by atoms with Crippen LogP contribution in [-0.4, -0.2) is 35.1 Å². The average molecular weight is 412 g/mol. The number of fused-ring (bicyclic) bond motifs is 2. The number of carboxylic acid groups (broad SMARTS) is 1. The molecule has 2 N–H and O–H groups in total. The number of hydrogen-bond donors (Lipinski definition) is 2. The molecule has 0 unspecified atom stereocenters. The number of carboxylic acids is 1. The van der Waals surface area contributed by atoms with Crippen LogP contribution in [0.2, 0.25) is 5.02 Å². The molecule has 1 spiro atoms. The fraction of sp³-hybridized carbons (Fsp3) is 0.150. The molecule has 8 heteroatoms. The number of nitrogens with one attached hydrogen (secondary N) is 1. The van der Waals surface area contributed by atoms with Crippen LogP contribution in [0.4, 0.5) is 5.69 Å². The lowest BCUT2D eigenvalue weighted by atomic mass is 9.86. The molecule has 2 aromatic carbocycles. The molecule has 6 nitrogen and oxygen atoms in total. The fourth-order valence-electron chi connectivity index (χ4n) is 3.37. The van der Waals surface area contributed by atoms with Gasteiger partial charge in [0.1, 0.15) is 5.54 Å². The highest BCUT2D eigenvalue weighted by molar-refractivity contribution is 7.12. The van der Waals surface area contributed by atoms with E-state index in [0.29, 0.717) is 24.1 Å². The van der Waals surface area contributed by atoms with Gasteiger partial charge in [-0.25, -0.2) is 14.8 Å². The van der Waals surface area contributed by atoms with Crippen molar-refractivity contribution in [2.24, 2.45) is 4.99 Å². The zero-order valence-electron chi connectivity index (χ0n) is 14.5. The Morgan fingerprint density at radius 1 is 1.21 bits per heavy atom. The van der Waals surface area contributed by atoms with Crippen molar-refractivity contribution >= 4 is 40.4 Å². The summed E-state index contributed by atoms with van der Waals surface area (Å²) in [4.78, 5) is 20.6. The van der Waals surface area contributed by atoms with Gasteiger partial charge in [0.15, 0.2) is 10.8 Å². The first-order valence-electron chi connectivity index (χ1n) is 8.59. The van der Waals surface area contributed by atoms with Crippen LogP contribution in [0, 0.1) is 0 Å². The molecule has 0 radical (unpaired) electrons. The van der Waals surface area contributed by atoms with Gasteiger partial charge < -0.3 is 15.2 Å². The standard InChI is InChI=1S/C20H14ClN3O3S/c21-14-3-1-2-13-16(14)23-17(24-20(13)9-27-10-20)18-22-15(8-28-18)11-4-6-12(7-5-11)19(25)26/h1-8H,9-10H2,(H,23,24)(H,25,26). The highest BCUT2D eigenvalue weighted by atomic mass is 35.5. The van der Waals surface area contributed by atoms with Crippen molar-refractivity contribution in [2.45, 2.75) is 5.54 Å². The largest absolute Gasteiger partial charge is 0.478 e. The van der Waals surface area contributed by atoms with E-state index in [0.717, 1.165) is 27.5 Å². The van der Waals surface area contributed by atoms with E-state index >= 15 is 0 Å². The van der Waals surface area contributed by atoms with Crippen molar-refractivity contribution in [3.05, 3.63) is 69.0 Å². The summed E-state index contributed by atoms with van der Waals surface area (Å²) in [5.41, 5.74) is 3.33. The molecule has 2 aliphatic heterocycles. The minimum Gasteiger partial charge on any atom is -0.478 e. The van der Waals surface area contributed by atoms with Gasteiger partial charge in [0.25, 0.3) is 0 Å². The number of aromatic carboxylic acids is 1. The predicted octanol–water partition coefficient (Wildman–Crippen LogP) is 4.26. The first-order valence-corrected chi connectivity index (χ1v) is 9.85. The first kappa shape index (κ1) is 17.4. The van der Waals surface area contributed by atoms with Gasteiger partial charge in [0.2, 0.25) is 0 Å². The number of aliphatic imine (C=N–C) groups is 1. The molecule has 1 fully saturated rings. The van der Waals surface area contributed by atoms with Crippen molar-refractivity contribution < 1.29 is 14.6 Å². The van der Waals surface area contributed by atoms with Crippen molar-refractivity contribution in [1.29, 1.82) is 0 Å². The summed E-state index contributed by atoms with van der Waals surface area (Å²) in [6.45, 7) is 1.03. The summed E-state index contributed by atoms with van der Waals surface area (Å²) < 4.78 is 5.46. The Balaban J connectivity index is 1.51. The minimum absolute atomic E-state index is 0.246. The number of rotatable bonds is 3. The number of ether oxygens (including phenoxy) is 1. The minimum atomic E-state index is -0.949. The first-order chi connectivity index (χ1) is 13.6. The molecule has 2 aliphatic rings. The highest BCUT2D eigenvalue weighted by Gasteiger charge is 2.45. The van der Waals surface area contributed by atoms with Crippen LogP contribution in [0.3, 0.4) is 0 Å². The van der Waals surface area contributed by atoms with E-state index in [4.69, 9.17) is 31.4 Å². The van der Waals surface area contributed by atoms with Gasteiger partial charge in [0, 0.05) is 16.5 Å². The second-order valence-electron chi connectivity index (χ2n) is 6.69. The van der Waals surface area contributed by atoms with E-state index in [1.165, 1.54) is 11.3 Å². The Morgan fingerprint density at radius 2 is 2.00 bits per heavy atom. The summed E-state index contributed by atoms with van der Waals surface area (Å²) in [5.74, 6) is -0.280. The third kappa shape index (κ3) is 2.71. The molecule has 0 bridgehead atoms. The number of nitrogens with zero attached hydrogens (tertiary/aromatic N) is 2. The fourth-order valence-corrected chi connectivity index (χ4v) is 4.37. The van der Waals surface area contributed by atoms with Crippen LogP contribution in [0.5, 0.6) is 0 Å². The third-order valence-corrected chi connectivity index (χ3v) is 6.06. The molecule has 5 rings (SSSR count). The highest BCUT2D eigenvalue weighted by Crippen LogP contribution is 2.44. The van der Waals surface area contributed by atoms with E-state index in [2.05, 4.69) is 5.32 Å². The maximum Gasteiger partial charge on any atom is 0.335 e. The van der Waals surface area contributed by atoms with E-state index in [-0.39, 0.29) is 5.56 Å². The number of amidine groups is 1. The monoisotopic (exact) mass is 411 g/mol. The van der Waals surface area contributed by atoms with E-state index in [9.17, 15) is 4.79 Å². The molecule has 3 heterocycles. The van der Waals surface area contributed by atoms with Gasteiger partial charge in [-0.2, -0.15) is 0 Å². The molecule has 3 aromatic rings. The second-order valence-corrected chi connectivity index (χ2v) is 7.96. The Bertz CT molecular complexity index is 1120. The molecule has 140 valence electrons. The number of carbonyl (C=O) groups is 1. The maximum absolute atomic E-state index is 11.0. The average Bonchev–Trinajstić information content (AvgIpc) is 3.17. The summed E-state index contributed by atoms with van der Waals surface area (Å²) in [5, 5.41) is 15.7. The topological polar surface area (TPSA) is 83.8 Å². The molecule has 0 saturated carbocycles. The van der Waals surface area contributed by atoms with Crippen LogP contribution in [-0.2, 0) is 10.3 Å². The Labute approximate surface area is 169 Å². The second kappa shape index (κ2) is 6.41. The maximum atomic E-state index is 11.0. The van der Waals surface area contributed by atoms with Gasteiger partial charge in [-0.15, -0.1) is 11.3 Å². The Hall–Kier alpha value is -2.74. The van der Waals surface area contributed by atoms with Gasteiger partial charge >= 0.3 is 5.97 Å². The molecule has 0 amide bonds. The van der Waals surface area contributed by atoms with Gasteiger partial charge in [0.05, 0.1) is 35.2 Å². The number of para-hydroxylation sites is 1. The lowest BCUT2D eigenvalue weighted by molar-refractivity contribution is -0.0554. The summed E-state index contributed by atoms with van der Waals surface area (Å²) in [6, 6.07) is 12.5. The van der Waals surface area contributed by atoms with Crippen LogP contribution < -0.4 is 5.32 Å². The number of thiazole rings is 1. The van der Waals surface area contributed by atoms with Crippen LogP contribution in [0.1, 0.15) is 20.9 Å². The van der Waals surface area contributed by atoms with Gasteiger partial charge in [-0.05, 0) is 18.2 Å². The SMILES string of the molecule is O=C(O)c1ccc(-c2csc(C3=NC4(COC4)c4cccc(Cl)c4N3)n2)cc1. The van der Waals surface area contributed by atoms with E-state index < -0.39 is 11.5 Å². The molecule has 1 aromatic heterocycles. The number of aromatic nitrogens is 1. The number of benzene rings is 2. The van der Waals surface area contributed by atoms with E-state index in [1.54, 1.807) is 24.3 Å². The lowest BCUT2D eigenvalue weighted by Gasteiger charge is -2.42. The zero-order valence-corrected chi connectivity index (χ0v) is 16.0. The van der Waals surface area contributed by atoms with Crippen molar-refractivity contribution in [1.82, 2.24) is 4.98 Å². The van der Waals surface area contributed by atoms with Crippen LogP contribution >= 0.6 is 22.9 Å². The number of anilines is 1. The van der Waals surface area contributed by atoms with Gasteiger partial charge in [-0.3, -0.25) is 0 Å². The van der Waals surface area contributed by atoms with Gasteiger partial charge in [-0.1, -0.05) is 35.9 Å². The molecule has 0 aliphatic carbocycles. The molecular formula is C20H14ClN3O3S. The third-order valence-electron chi connectivity index (χ3n) is 4.90. The smallest absolute Gasteiger partial charge is 0.335 e. The molecule has 1 saturated heterocycles. The van der Waals surface area contributed by atoms with Crippen molar-refractivity contribution in [3.63, 3.8) is 0 Å². The molecule has 28 heavy (non-hydrogen) atoms. The summed E-state index contributed by atoms with van der Waals surface area (Å²) in [7, 11) is 0. The summed E-state index contributed by atoms with van der Waals surface area (Å²) >= 11 is 7.89. The normalized spacial score (nSPS) is 16.7. The Morgan fingerprint density at radius 3 is 2.68 bits per heavy atom. The molecule has 0 atom stereocenters. The zero-order chi connectivity index (χ0) is 19.3. The summed E-state index contributed by atoms with van der Waals surface area (Å²) in [6.07, 6.45) is 0. The van der Waals surface area contributed by atoms with E-state index in [1.807, 2.05) is 23.6 Å². The van der Waals surface area contributed by atoms with Crippen molar-refractivity contribution in [3.8, 4) is 11.3 Å². The van der Waals surface area contributed by atoms with Crippen molar-refractivity contribution in [2.75, 3.05) is 18.5 Å². The number of hydrogen-bond acceptors (Lipinski definition) is 6. The lowest BCUT2D eigenvalue weighted by Crippen LogP contribution is -2.49. The predicted molar refractivity (Wildman–Crippen MR) is 109 cm³/mol.